The molecule has 2 aromatic rings. The Kier molecular flexibility index (Phi) is 14.5. The molecule has 0 saturated heterocycles. The van der Waals surface area contributed by atoms with E-state index in [1.54, 1.807) is 11.8 Å². The molecule has 0 spiro atoms. The molecule has 2 aromatic carbocycles. The molecular weight excluding hydrogens is 546 g/mol. The summed E-state index contributed by atoms with van der Waals surface area (Å²) in [4.78, 5) is 24.6. The van der Waals surface area contributed by atoms with Gasteiger partial charge in [-0.3, -0.25) is 0 Å². The SMILES string of the molecule is C=CC(=O)OCCNC(=O)OC(COc1ccc(C(C(C)C)C(C(C)C)C(C)C)cc1)CSc1ccc(Cl)cc1. The number of carbonyl (C=O) groups is 2. The molecule has 0 heterocycles. The van der Waals surface area contributed by atoms with Crippen molar-refractivity contribution in [2.75, 3.05) is 25.5 Å². The van der Waals surface area contributed by atoms with Crippen LogP contribution in [0.5, 0.6) is 5.75 Å². The highest BCUT2D eigenvalue weighted by Crippen LogP contribution is 2.41. The average molecular weight is 590 g/mol. The van der Waals surface area contributed by atoms with Gasteiger partial charge in [-0.15, -0.1) is 11.8 Å². The molecule has 0 aliphatic carbocycles. The largest absolute Gasteiger partial charge is 0.490 e. The van der Waals surface area contributed by atoms with Crippen LogP contribution in [-0.2, 0) is 14.3 Å². The first-order valence-electron chi connectivity index (χ1n) is 13.9. The van der Waals surface area contributed by atoms with E-state index in [0.29, 0.717) is 40.4 Å². The van der Waals surface area contributed by atoms with Crippen molar-refractivity contribution in [3.05, 3.63) is 71.8 Å². The number of esters is 1. The number of ether oxygens (including phenoxy) is 3. The maximum atomic E-state index is 12.4. The molecule has 8 heteroatoms. The van der Waals surface area contributed by atoms with Gasteiger partial charge in [-0.1, -0.05) is 71.9 Å². The van der Waals surface area contributed by atoms with Crippen LogP contribution < -0.4 is 10.1 Å². The van der Waals surface area contributed by atoms with Crippen molar-refractivity contribution < 1.29 is 23.8 Å². The van der Waals surface area contributed by atoms with E-state index in [1.165, 1.54) is 5.56 Å². The third-order valence-corrected chi connectivity index (χ3v) is 8.07. The summed E-state index contributed by atoms with van der Waals surface area (Å²) in [5.74, 6) is 3.37. The first-order valence-corrected chi connectivity index (χ1v) is 15.2. The van der Waals surface area contributed by atoms with Crippen LogP contribution >= 0.6 is 23.4 Å². The van der Waals surface area contributed by atoms with Gasteiger partial charge in [0.15, 0.2) is 0 Å². The third kappa shape index (κ3) is 11.5. The third-order valence-electron chi connectivity index (χ3n) is 6.68. The van der Waals surface area contributed by atoms with Gasteiger partial charge >= 0.3 is 12.1 Å². The van der Waals surface area contributed by atoms with E-state index in [1.807, 2.05) is 36.4 Å². The Morgan fingerprint density at radius 2 is 1.57 bits per heavy atom. The second kappa shape index (κ2) is 17.2. The summed E-state index contributed by atoms with van der Waals surface area (Å²) in [6.07, 6.45) is -0.0587. The minimum Gasteiger partial charge on any atom is -0.490 e. The molecule has 220 valence electrons. The summed E-state index contributed by atoms with van der Waals surface area (Å²) < 4.78 is 16.6. The van der Waals surface area contributed by atoms with Crippen molar-refractivity contribution in [3.63, 3.8) is 0 Å². The van der Waals surface area contributed by atoms with Gasteiger partial charge in [0.2, 0.25) is 0 Å². The van der Waals surface area contributed by atoms with Crippen LogP contribution in [0.4, 0.5) is 4.79 Å². The summed E-state index contributed by atoms with van der Waals surface area (Å²) in [5, 5.41) is 3.26. The van der Waals surface area contributed by atoms with Gasteiger partial charge in [0.05, 0.1) is 6.54 Å². The van der Waals surface area contributed by atoms with Crippen molar-refractivity contribution in [2.45, 2.75) is 58.5 Å². The highest BCUT2D eigenvalue weighted by molar-refractivity contribution is 7.99. The zero-order valence-corrected chi connectivity index (χ0v) is 26.1. The molecule has 0 saturated carbocycles. The Hall–Kier alpha value is -2.64. The molecule has 0 bridgehead atoms. The standard InChI is InChI=1S/C32H44ClNO5S/c1-8-29(35)37-18-17-34-32(36)39-27(20-40-28-15-11-25(33)12-16-28)19-38-26-13-9-24(10-14-26)31(23(6)7)30(21(2)3)22(4)5/h8-16,21-23,27,30-31H,1,17-20H2,2-7H3,(H,34,36). The molecule has 2 rings (SSSR count). The monoisotopic (exact) mass is 589 g/mol. The molecule has 1 N–H and O–H groups in total. The quantitative estimate of drug-likeness (QED) is 0.0925. The average Bonchev–Trinajstić information content (AvgIpc) is 2.91. The van der Waals surface area contributed by atoms with Gasteiger partial charge in [-0.25, -0.2) is 9.59 Å². The lowest BCUT2D eigenvalue weighted by atomic mass is 9.68. The van der Waals surface area contributed by atoms with Crippen molar-refractivity contribution in [1.82, 2.24) is 5.32 Å². The van der Waals surface area contributed by atoms with Gasteiger partial charge in [0.25, 0.3) is 0 Å². The summed E-state index contributed by atoms with van der Waals surface area (Å²) in [5.41, 5.74) is 1.32. The van der Waals surface area contributed by atoms with Crippen LogP contribution in [0.1, 0.15) is 53.0 Å². The van der Waals surface area contributed by atoms with Gasteiger partial charge in [0.1, 0.15) is 25.1 Å². The molecule has 0 aromatic heterocycles. The van der Waals surface area contributed by atoms with E-state index in [2.05, 4.69) is 65.6 Å². The number of benzene rings is 2. The normalized spacial score (nSPS) is 12.9. The summed E-state index contributed by atoms with van der Waals surface area (Å²) >= 11 is 7.55. The second-order valence-corrected chi connectivity index (χ2v) is 12.3. The summed E-state index contributed by atoms with van der Waals surface area (Å²) in [6, 6.07) is 15.8. The molecule has 6 nitrogen and oxygen atoms in total. The summed E-state index contributed by atoms with van der Waals surface area (Å²) in [7, 11) is 0. The van der Waals surface area contributed by atoms with Crippen molar-refractivity contribution >= 4 is 35.4 Å². The van der Waals surface area contributed by atoms with E-state index in [-0.39, 0.29) is 19.8 Å². The highest BCUT2D eigenvalue weighted by Gasteiger charge is 2.31. The minimum atomic E-state index is -0.608. The number of amides is 1. The number of nitrogens with one attached hydrogen (secondary N) is 1. The van der Waals surface area contributed by atoms with Gasteiger partial charge < -0.3 is 19.5 Å². The van der Waals surface area contributed by atoms with E-state index >= 15 is 0 Å². The molecule has 1 amide bonds. The number of hydrogen-bond donors (Lipinski definition) is 1. The number of rotatable bonds is 16. The van der Waals surface area contributed by atoms with E-state index in [0.717, 1.165) is 16.7 Å². The van der Waals surface area contributed by atoms with Gasteiger partial charge in [0, 0.05) is 21.7 Å². The van der Waals surface area contributed by atoms with E-state index in [4.69, 9.17) is 25.8 Å². The lowest BCUT2D eigenvalue weighted by molar-refractivity contribution is -0.137. The predicted octanol–water partition coefficient (Wildman–Crippen LogP) is 8.00. The second-order valence-electron chi connectivity index (χ2n) is 10.8. The predicted molar refractivity (Wildman–Crippen MR) is 164 cm³/mol. The molecule has 0 fully saturated rings. The zero-order chi connectivity index (χ0) is 29.7. The van der Waals surface area contributed by atoms with Crippen LogP contribution in [0.2, 0.25) is 5.02 Å². The van der Waals surface area contributed by atoms with Crippen LogP contribution in [0, 0.1) is 23.7 Å². The fourth-order valence-corrected chi connectivity index (χ4v) is 6.02. The van der Waals surface area contributed by atoms with Crippen LogP contribution in [0.15, 0.2) is 66.1 Å². The Morgan fingerprint density at radius 1 is 0.950 bits per heavy atom. The Morgan fingerprint density at radius 3 is 2.12 bits per heavy atom. The molecule has 0 aliphatic heterocycles. The molecule has 0 radical (unpaired) electrons. The molecule has 2 atom stereocenters. The Labute approximate surface area is 249 Å². The molecular formula is C32H44ClNO5S. The van der Waals surface area contributed by atoms with Crippen molar-refractivity contribution in [1.29, 1.82) is 0 Å². The van der Waals surface area contributed by atoms with Crippen LogP contribution in [0.25, 0.3) is 0 Å². The maximum absolute atomic E-state index is 12.4. The smallest absolute Gasteiger partial charge is 0.407 e. The Balaban J connectivity index is 2.05. The fraction of sp³-hybridized carbons (Fsp3) is 0.500. The first-order chi connectivity index (χ1) is 19.0. The lowest BCUT2D eigenvalue weighted by Crippen LogP contribution is -2.35. The van der Waals surface area contributed by atoms with Gasteiger partial charge in [-0.2, -0.15) is 0 Å². The van der Waals surface area contributed by atoms with Crippen molar-refractivity contribution in [3.8, 4) is 5.75 Å². The van der Waals surface area contributed by atoms with Crippen LogP contribution in [0.3, 0.4) is 0 Å². The van der Waals surface area contributed by atoms with E-state index in [9.17, 15) is 9.59 Å². The zero-order valence-electron chi connectivity index (χ0n) is 24.5. The maximum Gasteiger partial charge on any atom is 0.407 e. The minimum absolute atomic E-state index is 0.0266. The Bertz CT molecular complexity index is 1050. The topological polar surface area (TPSA) is 73.9 Å². The number of alkyl carbamates (subject to hydrolysis) is 1. The van der Waals surface area contributed by atoms with Crippen LogP contribution in [-0.4, -0.2) is 43.7 Å². The number of halogens is 1. The summed E-state index contributed by atoms with van der Waals surface area (Å²) in [6.45, 7) is 17.5. The molecule has 2 unspecified atom stereocenters. The van der Waals surface area contributed by atoms with E-state index < -0.39 is 18.2 Å². The number of carbonyl (C=O) groups excluding carboxylic acids is 2. The fourth-order valence-electron chi connectivity index (χ4n) is 5.02. The number of thioether (sulfide) groups is 1. The lowest BCUT2D eigenvalue weighted by Gasteiger charge is -2.36. The number of hydrogen-bond acceptors (Lipinski definition) is 6. The highest BCUT2D eigenvalue weighted by atomic mass is 35.5. The van der Waals surface area contributed by atoms with Gasteiger partial charge in [-0.05, 0) is 71.6 Å². The molecule has 40 heavy (non-hydrogen) atoms. The molecule has 0 aliphatic rings. The first kappa shape index (κ1) is 33.6. The van der Waals surface area contributed by atoms with Crippen molar-refractivity contribution in [2.24, 2.45) is 23.7 Å².